The minimum atomic E-state index is -0.140. The van der Waals surface area contributed by atoms with E-state index in [9.17, 15) is 10.0 Å². The fraction of sp³-hybridized carbons (Fsp3) is 0.947. The number of rotatable bonds is 16. The largest absolute Gasteiger partial charge is 0.330 e. The van der Waals surface area contributed by atoms with Crippen molar-refractivity contribution in [2.45, 2.75) is 84.0 Å². The Bertz CT molecular complexity index is 288. The molecule has 3 N–H and O–H groups in total. The summed E-state index contributed by atoms with van der Waals surface area (Å²) in [6, 6.07) is 0. The van der Waals surface area contributed by atoms with Gasteiger partial charge in [0.05, 0.1) is 20.0 Å². The first-order valence-corrected chi connectivity index (χ1v) is 9.69. The Morgan fingerprint density at radius 1 is 0.957 bits per heavy atom. The number of Topliss-reactive ketones (excluding diaryl/α,β-unsaturated/α-hetero) is 1. The minimum absolute atomic E-state index is 0.0485. The van der Waals surface area contributed by atoms with Crippen molar-refractivity contribution in [1.29, 1.82) is 0 Å². The maximum atomic E-state index is 12.4. The standard InChI is InChI=1S/C19H41N2O2/c1-4-5-6-7-8-9-10-11-12-15-19(22)18(14-13-16-20)17-21(2,3)23/h18,23H,4-17,20H2,1-3H3/q+1. The fourth-order valence-corrected chi connectivity index (χ4v) is 3.07. The van der Waals surface area contributed by atoms with Crippen molar-refractivity contribution in [3.05, 3.63) is 0 Å². The summed E-state index contributed by atoms with van der Waals surface area (Å²) in [5.41, 5.74) is 5.56. The Labute approximate surface area is 144 Å². The average Bonchev–Trinajstić information content (AvgIpc) is 2.48. The van der Waals surface area contributed by atoms with E-state index < -0.39 is 0 Å². The molecule has 0 spiro atoms. The molecule has 0 rings (SSSR count). The first-order chi connectivity index (χ1) is 10.9. The Morgan fingerprint density at radius 2 is 1.48 bits per heavy atom. The second-order valence-electron chi connectivity index (χ2n) is 7.48. The van der Waals surface area contributed by atoms with E-state index in [4.69, 9.17) is 5.73 Å². The van der Waals surface area contributed by atoms with Crippen molar-refractivity contribution in [2.24, 2.45) is 11.7 Å². The highest BCUT2D eigenvalue weighted by molar-refractivity contribution is 5.81. The average molecular weight is 330 g/mol. The number of carbonyl (C=O) groups excluding carboxylic acids is 1. The number of quaternary nitrogens is 1. The van der Waals surface area contributed by atoms with Crippen LogP contribution in [0.3, 0.4) is 0 Å². The first kappa shape index (κ1) is 22.6. The Kier molecular flexibility index (Phi) is 13.7. The molecule has 0 fully saturated rings. The predicted octanol–water partition coefficient (Wildman–Crippen LogP) is 4.30. The predicted molar refractivity (Wildman–Crippen MR) is 97.4 cm³/mol. The normalized spacial score (nSPS) is 13.3. The third-order valence-electron chi connectivity index (χ3n) is 4.41. The summed E-state index contributed by atoms with van der Waals surface area (Å²) in [4.78, 5) is 12.4. The summed E-state index contributed by atoms with van der Waals surface area (Å²) in [6.07, 6.45) is 13.7. The summed E-state index contributed by atoms with van der Waals surface area (Å²) in [6.45, 7) is 3.35. The number of ketones is 1. The molecule has 1 atom stereocenters. The van der Waals surface area contributed by atoms with Crippen molar-refractivity contribution in [3.8, 4) is 0 Å². The van der Waals surface area contributed by atoms with Gasteiger partial charge in [0.1, 0.15) is 12.3 Å². The zero-order valence-electron chi connectivity index (χ0n) is 15.9. The molecule has 0 saturated carbocycles. The van der Waals surface area contributed by atoms with Crippen LogP contribution < -0.4 is 5.73 Å². The number of nitrogens with zero attached hydrogens (tertiary/aromatic N) is 1. The first-order valence-electron chi connectivity index (χ1n) is 9.69. The van der Waals surface area contributed by atoms with Gasteiger partial charge in [-0.05, 0) is 25.8 Å². The number of hydrogen-bond donors (Lipinski definition) is 2. The van der Waals surface area contributed by atoms with Crippen molar-refractivity contribution < 1.29 is 14.6 Å². The van der Waals surface area contributed by atoms with Gasteiger partial charge >= 0.3 is 0 Å². The van der Waals surface area contributed by atoms with E-state index in [0.29, 0.717) is 25.3 Å². The van der Waals surface area contributed by atoms with Crippen LogP contribution in [0.25, 0.3) is 0 Å². The van der Waals surface area contributed by atoms with Crippen LogP contribution >= 0.6 is 0 Å². The maximum Gasteiger partial charge on any atom is 0.141 e. The summed E-state index contributed by atoms with van der Waals surface area (Å²) in [5.74, 6) is 0.259. The molecule has 23 heavy (non-hydrogen) atoms. The highest BCUT2D eigenvalue weighted by Crippen LogP contribution is 2.16. The zero-order chi connectivity index (χ0) is 17.6. The van der Waals surface area contributed by atoms with Gasteiger partial charge in [-0.1, -0.05) is 58.3 Å². The molecule has 0 bridgehead atoms. The van der Waals surface area contributed by atoms with Crippen LogP contribution in [0.4, 0.5) is 0 Å². The van der Waals surface area contributed by atoms with E-state index in [1.807, 2.05) is 0 Å². The lowest BCUT2D eigenvalue weighted by atomic mass is 9.93. The van der Waals surface area contributed by atoms with Gasteiger partial charge in [-0.15, -0.1) is 0 Å². The van der Waals surface area contributed by atoms with Gasteiger partial charge in [-0.25, -0.2) is 5.21 Å². The SMILES string of the molecule is CCCCCCCCCCCC(=O)C(CCCN)C[N+](C)(C)O. The van der Waals surface area contributed by atoms with Crippen LogP contribution in [0.15, 0.2) is 0 Å². The Hall–Kier alpha value is -0.450. The molecule has 1 unspecified atom stereocenters. The van der Waals surface area contributed by atoms with Gasteiger partial charge in [0.15, 0.2) is 0 Å². The zero-order valence-corrected chi connectivity index (χ0v) is 15.9. The van der Waals surface area contributed by atoms with Gasteiger partial charge in [0, 0.05) is 6.42 Å². The van der Waals surface area contributed by atoms with E-state index >= 15 is 0 Å². The number of hydrogen-bond acceptors (Lipinski definition) is 3. The van der Waals surface area contributed by atoms with E-state index in [0.717, 1.165) is 25.7 Å². The van der Waals surface area contributed by atoms with Crippen molar-refractivity contribution >= 4 is 5.78 Å². The minimum Gasteiger partial charge on any atom is -0.330 e. The molecule has 0 amide bonds. The molecule has 0 saturated heterocycles. The van der Waals surface area contributed by atoms with Crippen LogP contribution in [-0.4, -0.2) is 42.8 Å². The third-order valence-corrected chi connectivity index (χ3v) is 4.41. The molecule has 0 aliphatic heterocycles. The summed E-state index contributed by atoms with van der Waals surface area (Å²) < 4.78 is -0.140. The molecular weight excluding hydrogens is 288 g/mol. The second-order valence-corrected chi connectivity index (χ2v) is 7.48. The van der Waals surface area contributed by atoms with Crippen LogP contribution in [-0.2, 0) is 4.79 Å². The fourth-order valence-electron chi connectivity index (χ4n) is 3.07. The lowest BCUT2D eigenvalue weighted by Gasteiger charge is -2.25. The molecule has 138 valence electrons. The van der Waals surface area contributed by atoms with Crippen molar-refractivity contribution in [1.82, 2.24) is 0 Å². The third kappa shape index (κ3) is 14.9. The summed E-state index contributed by atoms with van der Waals surface area (Å²) in [7, 11) is 3.45. The van der Waals surface area contributed by atoms with Crippen LogP contribution in [0.5, 0.6) is 0 Å². The molecule has 0 radical (unpaired) electrons. The van der Waals surface area contributed by atoms with E-state index in [-0.39, 0.29) is 10.6 Å². The van der Waals surface area contributed by atoms with Gasteiger partial charge in [0.25, 0.3) is 0 Å². The van der Waals surface area contributed by atoms with Gasteiger partial charge in [0.2, 0.25) is 0 Å². The molecule has 0 aromatic heterocycles. The molecule has 0 heterocycles. The Morgan fingerprint density at radius 3 is 1.96 bits per heavy atom. The van der Waals surface area contributed by atoms with Gasteiger partial charge < -0.3 is 5.73 Å². The van der Waals surface area contributed by atoms with Gasteiger partial charge in [-0.3, -0.25) is 4.79 Å². The summed E-state index contributed by atoms with van der Waals surface area (Å²) in [5, 5.41) is 9.92. The molecule has 4 heteroatoms. The summed E-state index contributed by atoms with van der Waals surface area (Å²) >= 11 is 0. The van der Waals surface area contributed by atoms with Crippen LogP contribution in [0.1, 0.15) is 84.0 Å². The second kappa shape index (κ2) is 13.9. The molecule has 0 aromatic carbocycles. The molecular formula is C19H41N2O2+. The number of carbonyl (C=O) groups is 1. The van der Waals surface area contributed by atoms with E-state index in [1.165, 1.54) is 44.9 Å². The maximum absolute atomic E-state index is 12.4. The van der Waals surface area contributed by atoms with Crippen LogP contribution in [0, 0.1) is 5.92 Å². The number of unbranched alkanes of at least 4 members (excludes halogenated alkanes) is 8. The van der Waals surface area contributed by atoms with E-state index in [2.05, 4.69) is 6.92 Å². The Balaban J connectivity index is 3.81. The molecule has 0 aromatic rings. The lowest BCUT2D eigenvalue weighted by molar-refractivity contribution is -1.07. The van der Waals surface area contributed by atoms with Crippen LogP contribution in [0.2, 0.25) is 0 Å². The monoisotopic (exact) mass is 329 g/mol. The highest BCUT2D eigenvalue weighted by atomic mass is 16.5. The van der Waals surface area contributed by atoms with Crippen molar-refractivity contribution in [2.75, 3.05) is 27.2 Å². The topological polar surface area (TPSA) is 63.3 Å². The lowest BCUT2D eigenvalue weighted by Crippen LogP contribution is -2.42. The smallest absolute Gasteiger partial charge is 0.141 e. The van der Waals surface area contributed by atoms with E-state index in [1.54, 1.807) is 14.1 Å². The van der Waals surface area contributed by atoms with Gasteiger partial charge in [-0.2, -0.15) is 4.65 Å². The van der Waals surface area contributed by atoms with Crippen molar-refractivity contribution in [3.63, 3.8) is 0 Å². The quantitative estimate of drug-likeness (QED) is 0.252. The number of hydroxylamine groups is 3. The highest BCUT2D eigenvalue weighted by Gasteiger charge is 2.25. The molecule has 0 aliphatic rings. The molecule has 0 aliphatic carbocycles. The number of nitrogens with two attached hydrogens (primary N) is 1. The molecule has 4 nitrogen and oxygen atoms in total.